The summed E-state index contributed by atoms with van der Waals surface area (Å²) in [6, 6.07) is 11.1. The quantitative estimate of drug-likeness (QED) is 0.665. The van der Waals surface area contributed by atoms with Crippen molar-refractivity contribution in [2.75, 3.05) is 26.2 Å². The molecule has 24 heavy (non-hydrogen) atoms. The first-order valence-corrected chi connectivity index (χ1v) is 9.33. The molecule has 0 amide bonds. The van der Waals surface area contributed by atoms with Crippen LogP contribution in [0.2, 0.25) is 0 Å². The van der Waals surface area contributed by atoms with Gasteiger partial charge in [-0.05, 0) is 69.9 Å². The van der Waals surface area contributed by atoms with Crippen molar-refractivity contribution in [3.05, 3.63) is 29.8 Å². The van der Waals surface area contributed by atoms with Crippen LogP contribution < -0.4 is 10.1 Å². The van der Waals surface area contributed by atoms with Gasteiger partial charge < -0.3 is 15.0 Å². The van der Waals surface area contributed by atoms with E-state index in [9.17, 15) is 0 Å². The Morgan fingerprint density at radius 1 is 1.33 bits per heavy atom. The summed E-state index contributed by atoms with van der Waals surface area (Å²) in [6.07, 6.45) is 6.65. The molecule has 4 nitrogen and oxygen atoms in total. The summed E-state index contributed by atoms with van der Waals surface area (Å²) in [5, 5.41) is 12.1. The molecule has 1 unspecified atom stereocenters. The third-order valence-electron chi connectivity index (χ3n) is 4.67. The lowest BCUT2D eigenvalue weighted by atomic mass is 10.0. The fourth-order valence-electron chi connectivity index (χ4n) is 3.22. The molecule has 0 bridgehead atoms. The van der Waals surface area contributed by atoms with Crippen molar-refractivity contribution in [1.29, 1.82) is 5.26 Å². The number of piperidine rings is 1. The fraction of sp³-hybridized carbons (Fsp3) is 0.650. The first kappa shape index (κ1) is 18.8. The van der Waals surface area contributed by atoms with E-state index in [1.54, 1.807) is 0 Å². The first-order chi connectivity index (χ1) is 11.8. The van der Waals surface area contributed by atoms with Gasteiger partial charge in [0.05, 0.1) is 12.7 Å². The predicted molar refractivity (Wildman–Crippen MR) is 98.0 cm³/mol. The Morgan fingerprint density at radius 3 is 3.08 bits per heavy atom. The van der Waals surface area contributed by atoms with Crippen molar-refractivity contribution < 1.29 is 4.74 Å². The number of likely N-dealkylation sites (tertiary alicyclic amines) is 1. The van der Waals surface area contributed by atoms with Crippen LogP contribution >= 0.6 is 0 Å². The molecular formula is C20H31N3O. The largest absolute Gasteiger partial charge is 0.494 e. The molecule has 1 aromatic rings. The average molecular weight is 329 g/mol. The second-order valence-electron chi connectivity index (χ2n) is 6.67. The standard InChI is InChI=1S/C20H31N3O/c1-18-8-2-4-13-23(18)14-7-12-22-17-19-9-6-10-20(16-19)24-15-5-3-11-21/h6,9-10,16,18,22H,2-5,7-8,12-15,17H2,1H3. The van der Waals surface area contributed by atoms with Gasteiger partial charge in [0.15, 0.2) is 0 Å². The summed E-state index contributed by atoms with van der Waals surface area (Å²) in [6.45, 7) is 7.37. The van der Waals surface area contributed by atoms with Gasteiger partial charge in [0.25, 0.3) is 0 Å². The Kier molecular flexibility index (Phi) is 8.65. The highest BCUT2D eigenvalue weighted by Gasteiger charge is 2.16. The van der Waals surface area contributed by atoms with Crippen molar-refractivity contribution in [1.82, 2.24) is 10.2 Å². The molecule has 1 heterocycles. The lowest BCUT2D eigenvalue weighted by Gasteiger charge is -2.33. The molecule has 0 radical (unpaired) electrons. The van der Waals surface area contributed by atoms with E-state index in [-0.39, 0.29) is 0 Å². The van der Waals surface area contributed by atoms with Crippen molar-refractivity contribution in [2.24, 2.45) is 0 Å². The Morgan fingerprint density at radius 2 is 2.25 bits per heavy atom. The highest BCUT2D eigenvalue weighted by atomic mass is 16.5. The highest BCUT2D eigenvalue weighted by molar-refractivity contribution is 5.28. The monoisotopic (exact) mass is 329 g/mol. The smallest absolute Gasteiger partial charge is 0.119 e. The zero-order valence-corrected chi connectivity index (χ0v) is 15.0. The van der Waals surface area contributed by atoms with E-state index in [1.807, 2.05) is 12.1 Å². The number of unbranched alkanes of at least 4 members (excludes halogenated alkanes) is 1. The summed E-state index contributed by atoms with van der Waals surface area (Å²) in [7, 11) is 0. The summed E-state index contributed by atoms with van der Waals surface area (Å²) in [5.74, 6) is 0.898. The number of nitrogens with zero attached hydrogens (tertiary/aromatic N) is 2. The highest BCUT2D eigenvalue weighted by Crippen LogP contribution is 2.16. The number of rotatable bonds is 10. The molecule has 0 aliphatic carbocycles. The molecule has 1 atom stereocenters. The van der Waals surface area contributed by atoms with Gasteiger partial charge in [-0.2, -0.15) is 5.26 Å². The number of hydrogen-bond acceptors (Lipinski definition) is 4. The number of nitriles is 1. The number of benzene rings is 1. The predicted octanol–water partition coefficient (Wildman–Crippen LogP) is 3.72. The lowest BCUT2D eigenvalue weighted by Crippen LogP contribution is -2.38. The summed E-state index contributed by atoms with van der Waals surface area (Å²) in [4.78, 5) is 2.63. The normalized spacial score (nSPS) is 18.2. The van der Waals surface area contributed by atoms with Crippen molar-refractivity contribution in [2.45, 2.75) is 58.0 Å². The van der Waals surface area contributed by atoms with Crippen LogP contribution in [-0.4, -0.2) is 37.2 Å². The Labute approximate surface area is 146 Å². The minimum atomic E-state index is 0.552. The Bertz CT molecular complexity index is 512. The zero-order valence-electron chi connectivity index (χ0n) is 15.0. The molecule has 1 saturated heterocycles. The second kappa shape index (κ2) is 11.1. The third kappa shape index (κ3) is 6.90. The fourth-order valence-corrected chi connectivity index (χ4v) is 3.22. The summed E-state index contributed by atoms with van der Waals surface area (Å²) < 4.78 is 5.68. The molecule has 1 fully saturated rings. The van der Waals surface area contributed by atoms with Crippen LogP contribution in [-0.2, 0) is 6.54 Å². The summed E-state index contributed by atoms with van der Waals surface area (Å²) >= 11 is 0. The van der Waals surface area contributed by atoms with Crippen LogP contribution in [0.3, 0.4) is 0 Å². The van der Waals surface area contributed by atoms with Gasteiger partial charge in [-0.25, -0.2) is 0 Å². The molecule has 0 saturated carbocycles. The maximum absolute atomic E-state index is 8.53. The van der Waals surface area contributed by atoms with E-state index in [2.05, 4.69) is 35.3 Å². The SMILES string of the molecule is CC1CCCCN1CCCNCc1cccc(OCCCC#N)c1. The second-order valence-corrected chi connectivity index (χ2v) is 6.67. The Hall–Kier alpha value is -1.57. The van der Waals surface area contributed by atoms with Gasteiger partial charge in [0.2, 0.25) is 0 Å². The first-order valence-electron chi connectivity index (χ1n) is 9.33. The van der Waals surface area contributed by atoms with Crippen molar-refractivity contribution in [3.63, 3.8) is 0 Å². The zero-order chi connectivity index (χ0) is 17.0. The maximum atomic E-state index is 8.53. The molecule has 1 aliphatic rings. The van der Waals surface area contributed by atoms with Crippen LogP contribution in [0.25, 0.3) is 0 Å². The van der Waals surface area contributed by atoms with Crippen LogP contribution in [0, 0.1) is 11.3 Å². The molecule has 132 valence electrons. The van der Waals surface area contributed by atoms with E-state index in [0.29, 0.717) is 13.0 Å². The molecule has 1 aromatic carbocycles. The van der Waals surface area contributed by atoms with Gasteiger partial charge in [-0.3, -0.25) is 0 Å². The van der Waals surface area contributed by atoms with E-state index in [0.717, 1.165) is 31.3 Å². The van der Waals surface area contributed by atoms with Crippen molar-refractivity contribution in [3.8, 4) is 11.8 Å². The van der Waals surface area contributed by atoms with Crippen LogP contribution in [0.4, 0.5) is 0 Å². The number of nitrogens with one attached hydrogen (secondary N) is 1. The molecule has 1 aliphatic heterocycles. The lowest BCUT2D eigenvalue weighted by molar-refractivity contribution is 0.159. The molecule has 0 spiro atoms. The van der Waals surface area contributed by atoms with Crippen LogP contribution in [0.5, 0.6) is 5.75 Å². The molecule has 2 rings (SSSR count). The van der Waals surface area contributed by atoms with Gasteiger partial charge in [-0.15, -0.1) is 0 Å². The molecule has 1 N–H and O–H groups in total. The van der Waals surface area contributed by atoms with E-state index in [4.69, 9.17) is 10.00 Å². The van der Waals surface area contributed by atoms with Gasteiger partial charge in [0, 0.05) is 19.0 Å². The molecule has 0 aromatic heterocycles. The summed E-state index contributed by atoms with van der Waals surface area (Å²) in [5.41, 5.74) is 1.25. The maximum Gasteiger partial charge on any atom is 0.119 e. The number of hydrogen-bond donors (Lipinski definition) is 1. The molecular weight excluding hydrogens is 298 g/mol. The molecule has 4 heteroatoms. The Balaban J connectivity index is 1.60. The van der Waals surface area contributed by atoms with Gasteiger partial charge in [0.1, 0.15) is 5.75 Å². The number of ether oxygens (including phenoxy) is 1. The van der Waals surface area contributed by atoms with Crippen LogP contribution in [0.15, 0.2) is 24.3 Å². The third-order valence-corrected chi connectivity index (χ3v) is 4.67. The van der Waals surface area contributed by atoms with Gasteiger partial charge >= 0.3 is 0 Å². The van der Waals surface area contributed by atoms with Crippen molar-refractivity contribution >= 4 is 0 Å². The minimum Gasteiger partial charge on any atom is -0.494 e. The van der Waals surface area contributed by atoms with Crippen LogP contribution in [0.1, 0.15) is 51.0 Å². The van der Waals surface area contributed by atoms with Gasteiger partial charge in [-0.1, -0.05) is 18.6 Å². The topological polar surface area (TPSA) is 48.3 Å². The average Bonchev–Trinajstić information content (AvgIpc) is 2.60. The van der Waals surface area contributed by atoms with E-state index in [1.165, 1.54) is 44.3 Å². The van der Waals surface area contributed by atoms with E-state index >= 15 is 0 Å². The van der Waals surface area contributed by atoms with E-state index < -0.39 is 0 Å². The minimum absolute atomic E-state index is 0.552.